The zero-order valence-electron chi connectivity index (χ0n) is 21.8. The maximum atomic E-state index is 12.5. The third-order valence-corrected chi connectivity index (χ3v) is 4.36. The van der Waals surface area contributed by atoms with Gasteiger partial charge in [0.25, 0.3) is 0 Å². The monoisotopic (exact) mass is 522 g/mol. The summed E-state index contributed by atoms with van der Waals surface area (Å²) in [5, 5.41) is 10.0. The van der Waals surface area contributed by atoms with Crippen LogP contribution < -0.4 is 0 Å². The highest BCUT2D eigenvalue weighted by Gasteiger charge is 2.45. The van der Waals surface area contributed by atoms with Crippen LogP contribution in [0.25, 0.3) is 0 Å². The van der Waals surface area contributed by atoms with Crippen molar-refractivity contribution in [3.05, 3.63) is 60.8 Å². The fourth-order valence-corrected chi connectivity index (χ4v) is 2.32. The van der Waals surface area contributed by atoms with Crippen LogP contribution >= 0.6 is 0 Å². The van der Waals surface area contributed by atoms with Gasteiger partial charge in [0.15, 0.2) is 24.4 Å². The first-order valence-electron chi connectivity index (χ1n) is 10.9. The molecular formula is C26H34O11. The van der Waals surface area contributed by atoms with Gasteiger partial charge in [-0.1, -0.05) is 32.9 Å². The minimum absolute atomic E-state index is 0.00865. The van der Waals surface area contributed by atoms with Crippen molar-refractivity contribution in [2.24, 2.45) is 0 Å². The van der Waals surface area contributed by atoms with Crippen LogP contribution in [0.2, 0.25) is 0 Å². The van der Waals surface area contributed by atoms with E-state index in [0.29, 0.717) is 0 Å². The van der Waals surface area contributed by atoms with Crippen molar-refractivity contribution in [3.63, 3.8) is 0 Å². The van der Waals surface area contributed by atoms with Gasteiger partial charge in [0.1, 0.15) is 6.61 Å². The Morgan fingerprint density at radius 1 is 0.541 bits per heavy atom. The minimum atomic E-state index is -1.79. The number of aliphatic hydroxyl groups excluding tert-OH is 1. The highest BCUT2D eigenvalue weighted by molar-refractivity contribution is 5.89. The van der Waals surface area contributed by atoms with Gasteiger partial charge < -0.3 is 28.8 Å². The van der Waals surface area contributed by atoms with Crippen LogP contribution in [0, 0.1) is 0 Å². The number of carbonyl (C=O) groups is 5. The summed E-state index contributed by atoms with van der Waals surface area (Å²) in [4.78, 5) is 61.7. The molecule has 0 unspecified atom stereocenters. The zero-order valence-corrected chi connectivity index (χ0v) is 21.8. The van der Waals surface area contributed by atoms with Gasteiger partial charge in [-0.25, -0.2) is 24.0 Å². The average molecular weight is 523 g/mol. The lowest BCUT2D eigenvalue weighted by Crippen LogP contribution is -2.54. The number of aliphatic hydroxyl groups is 1. The minimum Gasteiger partial charge on any atom is -0.458 e. The number of carbonyl (C=O) groups excluding carboxylic acids is 5. The van der Waals surface area contributed by atoms with E-state index in [1.807, 2.05) is 0 Å². The molecule has 37 heavy (non-hydrogen) atoms. The molecule has 0 aromatic carbocycles. The molecule has 1 N–H and O–H groups in total. The third-order valence-electron chi connectivity index (χ3n) is 4.36. The van der Waals surface area contributed by atoms with Gasteiger partial charge in [0, 0.05) is 27.9 Å². The molecule has 11 nitrogen and oxygen atoms in total. The summed E-state index contributed by atoms with van der Waals surface area (Å²) in [7, 11) is 0. The van der Waals surface area contributed by atoms with Crippen LogP contribution in [0.1, 0.15) is 34.6 Å². The molecule has 0 amide bonds. The molecule has 0 rings (SSSR count). The Kier molecular flexibility index (Phi) is 13.6. The standard InChI is InChI=1S/C26H34O11/c1-13(2)22(28)33-12-19(35-24(30)15(5)6)21(37-26(32)17(9)10)20(36-25(31)16(7)8)18(11-27)34-23(29)14(3)4/h18-21,27H,1,3,5,7,9,11-12H2,2,4,6,8,10H3/t18-,19-,20-,21-/m1/s1. The Bertz CT molecular complexity index is 988. The van der Waals surface area contributed by atoms with E-state index in [1.54, 1.807) is 0 Å². The van der Waals surface area contributed by atoms with E-state index in [4.69, 9.17) is 23.7 Å². The molecule has 204 valence electrons. The second-order valence-corrected chi connectivity index (χ2v) is 8.31. The number of hydrogen-bond acceptors (Lipinski definition) is 11. The Hall–Kier alpha value is -3.99. The maximum absolute atomic E-state index is 12.5. The van der Waals surface area contributed by atoms with Crippen molar-refractivity contribution in [1.82, 2.24) is 0 Å². The van der Waals surface area contributed by atoms with Gasteiger partial charge in [-0.3, -0.25) is 0 Å². The fraction of sp³-hybridized carbons (Fsp3) is 0.423. The molecule has 0 aliphatic heterocycles. The van der Waals surface area contributed by atoms with Crippen LogP contribution in [0.15, 0.2) is 60.8 Å². The largest absolute Gasteiger partial charge is 0.458 e. The summed E-state index contributed by atoms with van der Waals surface area (Å²) >= 11 is 0. The van der Waals surface area contributed by atoms with Gasteiger partial charge in [-0.2, -0.15) is 0 Å². The first kappa shape index (κ1) is 33.0. The molecule has 0 aliphatic carbocycles. The number of hydrogen-bond donors (Lipinski definition) is 1. The van der Waals surface area contributed by atoms with Gasteiger partial charge >= 0.3 is 29.8 Å². The lowest BCUT2D eigenvalue weighted by molar-refractivity contribution is -0.202. The highest BCUT2D eigenvalue weighted by atomic mass is 16.6. The normalized spacial score (nSPS) is 13.5. The quantitative estimate of drug-likeness (QED) is 0.191. The van der Waals surface area contributed by atoms with Crippen molar-refractivity contribution in [2.45, 2.75) is 59.0 Å². The van der Waals surface area contributed by atoms with Gasteiger partial charge in [0.05, 0.1) is 6.61 Å². The summed E-state index contributed by atoms with van der Waals surface area (Å²) < 4.78 is 26.5. The molecule has 0 fully saturated rings. The predicted octanol–water partition coefficient (Wildman–Crippen LogP) is 2.05. The molecule has 0 heterocycles. The highest BCUT2D eigenvalue weighted by Crippen LogP contribution is 2.23. The predicted molar refractivity (Wildman–Crippen MR) is 132 cm³/mol. The molecule has 4 atom stereocenters. The molecule has 0 bridgehead atoms. The molecule has 0 spiro atoms. The smallest absolute Gasteiger partial charge is 0.333 e. The summed E-state index contributed by atoms with van der Waals surface area (Å²) in [5.41, 5.74) is -0.307. The van der Waals surface area contributed by atoms with E-state index in [-0.39, 0.29) is 27.9 Å². The van der Waals surface area contributed by atoms with E-state index in [1.165, 1.54) is 34.6 Å². The number of rotatable bonds is 15. The van der Waals surface area contributed by atoms with Gasteiger partial charge in [-0.15, -0.1) is 0 Å². The lowest BCUT2D eigenvalue weighted by Gasteiger charge is -2.35. The third kappa shape index (κ3) is 11.1. The van der Waals surface area contributed by atoms with Crippen molar-refractivity contribution in [2.75, 3.05) is 13.2 Å². The van der Waals surface area contributed by atoms with E-state index >= 15 is 0 Å². The Morgan fingerprint density at radius 3 is 1.16 bits per heavy atom. The SMILES string of the molecule is C=C(C)C(=O)OC[C@@H](OC(=O)C(=C)C)[C@@H](OC(=O)C(=C)C)[C@H](OC(=O)C(=C)C)[C@@H](CO)OC(=O)C(=C)C. The van der Waals surface area contributed by atoms with Gasteiger partial charge in [0.2, 0.25) is 0 Å². The number of ether oxygens (including phenoxy) is 5. The van der Waals surface area contributed by atoms with Crippen LogP contribution in [-0.2, 0) is 47.7 Å². The summed E-state index contributed by atoms with van der Waals surface area (Å²) in [6.07, 6.45) is -6.87. The molecular weight excluding hydrogens is 488 g/mol. The summed E-state index contributed by atoms with van der Waals surface area (Å²) in [6, 6.07) is 0. The van der Waals surface area contributed by atoms with Crippen molar-refractivity contribution >= 4 is 29.8 Å². The van der Waals surface area contributed by atoms with E-state index in [0.717, 1.165) is 0 Å². The molecule has 0 saturated carbocycles. The second kappa shape index (κ2) is 15.2. The van der Waals surface area contributed by atoms with Crippen molar-refractivity contribution in [3.8, 4) is 0 Å². The Labute approximate surface area is 216 Å². The topological polar surface area (TPSA) is 152 Å². The second-order valence-electron chi connectivity index (χ2n) is 8.31. The maximum Gasteiger partial charge on any atom is 0.333 e. The van der Waals surface area contributed by atoms with E-state index < -0.39 is 67.5 Å². The molecule has 0 aliphatic rings. The molecule has 0 aromatic heterocycles. The van der Waals surface area contributed by atoms with Gasteiger partial charge in [-0.05, 0) is 34.6 Å². The van der Waals surface area contributed by atoms with Crippen LogP contribution in [0.5, 0.6) is 0 Å². The fourth-order valence-electron chi connectivity index (χ4n) is 2.32. The lowest BCUT2D eigenvalue weighted by atomic mass is 10.0. The molecule has 0 saturated heterocycles. The molecule has 0 aromatic rings. The Morgan fingerprint density at radius 2 is 0.838 bits per heavy atom. The van der Waals surface area contributed by atoms with Crippen LogP contribution in [0.3, 0.4) is 0 Å². The molecule has 0 radical (unpaired) electrons. The first-order chi connectivity index (χ1) is 17.0. The number of esters is 5. The van der Waals surface area contributed by atoms with E-state index in [2.05, 4.69) is 32.9 Å². The summed E-state index contributed by atoms with van der Waals surface area (Å²) in [5.74, 6) is -4.85. The molecule has 11 heteroatoms. The van der Waals surface area contributed by atoms with Crippen LogP contribution in [-0.4, -0.2) is 72.6 Å². The van der Waals surface area contributed by atoms with Crippen molar-refractivity contribution < 1.29 is 52.8 Å². The average Bonchev–Trinajstić information content (AvgIpc) is 2.81. The Balaban J connectivity index is 6.85. The van der Waals surface area contributed by atoms with E-state index in [9.17, 15) is 29.1 Å². The first-order valence-corrected chi connectivity index (χ1v) is 10.9. The van der Waals surface area contributed by atoms with Crippen molar-refractivity contribution in [1.29, 1.82) is 0 Å². The summed E-state index contributed by atoms with van der Waals surface area (Å²) in [6.45, 7) is 22.3. The zero-order chi connectivity index (χ0) is 29.0. The van der Waals surface area contributed by atoms with Crippen LogP contribution in [0.4, 0.5) is 0 Å².